The molecular formula is C15H14BrN3O3. The van der Waals surface area contributed by atoms with Gasteiger partial charge in [-0.3, -0.25) is 14.5 Å². The fraction of sp³-hybridized carbons (Fsp3) is 0.267. The summed E-state index contributed by atoms with van der Waals surface area (Å²) in [6.45, 7) is 1.29. The third-order valence-electron chi connectivity index (χ3n) is 3.37. The number of benzene rings is 1. The molecule has 0 radical (unpaired) electrons. The number of urea groups is 1. The number of carbonyl (C=O) groups excluding carboxylic acids is 3. The Kier molecular flexibility index (Phi) is 4.52. The van der Waals surface area contributed by atoms with Crippen LogP contribution in [0, 0.1) is 12.3 Å². The molecule has 2 rings (SSSR count). The lowest BCUT2D eigenvalue weighted by Crippen LogP contribution is -2.43. The molecular weight excluding hydrogens is 350 g/mol. The highest BCUT2D eigenvalue weighted by molar-refractivity contribution is 9.10. The van der Waals surface area contributed by atoms with E-state index in [9.17, 15) is 14.4 Å². The first-order valence-electron chi connectivity index (χ1n) is 6.49. The van der Waals surface area contributed by atoms with Gasteiger partial charge in [0.25, 0.3) is 5.91 Å². The van der Waals surface area contributed by atoms with Crippen LogP contribution in [-0.2, 0) is 15.1 Å². The van der Waals surface area contributed by atoms with Gasteiger partial charge < -0.3 is 10.6 Å². The highest BCUT2D eigenvalue weighted by atomic mass is 79.9. The number of nitrogens with zero attached hydrogens (tertiary/aromatic N) is 1. The summed E-state index contributed by atoms with van der Waals surface area (Å²) in [5, 5.41) is 5.05. The molecule has 0 saturated carbocycles. The van der Waals surface area contributed by atoms with Crippen molar-refractivity contribution in [1.82, 2.24) is 15.5 Å². The Morgan fingerprint density at radius 2 is 2.23 bits per heavy atom. The quantitative estimate of drug-likeness (QED) is 0.617. The molecule has 6 nitrogen and oxygen atoms in total. The molecule has 0 aliphatic carbocycles. The molecule has 1 unspecified atom stereocenters. The molecule has 1 fully saturated rings. The smallest absolute Gasteiger partial charge is 0.325 e. The van der Waals surface area contributed by atoms with Gasteiger partial charge in [0, 0.05) is 4.47 Å². The van der Waals surface area contributed by atoms with E-state index < -0.39 is 23.4 Å². The van der Waals surface area contributed by atoms with Gasteiger partial charge in [0.2, 0.25) is 5.91 Å². The topological polar surface area (TPSA) is 78.5 Å². The van der Waals surface area contributed by atoms with Gasteiger partial charge in [-0.05, 0) is 24.6 Å². The van der Waals surface area contributed by atoms with Gasteiger partial charge in [0.1, 0.15) is 12.1 Å². The van der Waals surface area contributed by atoms with Crippen molar-refractivity contribution in [1.29, 1.82) is 0 Å². The molecule has 1 aromatic carbocycles. The lowest BCUT2D eigenvalue weighted by Gasteiger charge is -2.22. The normalized spacial score (nSPS) is 20.5. The van der Waals surface area contributed by atoms with E-state index in [1.54, 1.807) is 25.1 Å². The zero-order valence-corrected chi connectivity index (χ0v) is 13.4. The Labute approximate surface area is 136 Å². The molecule has 1 aliphatic rings. The standard InChI is InChI=1S/C15H14BrN3O3/c1-3-7-17-12(20)9-19-13(21)15(2,18-14(19)22)10-5-4-6-11(16)8-10/h1,4-6,8H,7,9H2,2H3,(H,17,20)(H,18,22). The minimum atomic E-state index is -1.20. The molecule has 1 aliphatic heterocycles. The second-order valence-corrected chi connectivity index (χ2v) is 5.85. The van der Waals surface area contributed by atoms with Gasteiger partial charge in [-0.2, -0.15) is 0 Å². The maximum absolute atomic E-state index is 12.6. The van der Waals surface area contributed by atoms with Crippen molar-refractivity contribution in [2.24, 2.45) is 0 Å². The second-order valence-electron chi connectivity index (χ2n) is 4.94. The summed E-state index contributed by atoms with van der Waals surface area (Å²) in [7, 11) is 0. The fourth-order valence-electron chi connectivity index (χ4n) is 2.18. The third kappa shape index (κ3) is 2.97. The van der Waals surface area contributed by atoms with Crippen molar-refractivity contribution in [2.45, 2.75) is 12.5 Å². The van der Waals surface area contributed by atoms with Crippen molar-refractivity contribution < 1.29 is 14.4 Å². The maximum atomic E-state index is 12.6. The Morgan fingerprint density at radius 3 is 2.86 bits per heavy atom. The first-order valence-corrected chi connectivity index (χ1v) is 7.28. The number of hydrogen-bond acceptors (Lipinski definition) is 3. The predicted octanol–water partition coefficient (Wildman–Crippen LogP) is 0.966. The Hall–Kier alpha value is -2.33. The van der Waals surface area contributed by atoms with Crippen LogP contribution in [0.1, 0.15) is 12.5 Å². The molecule has 0 aromatic heterocycles. The van der Waals surface area contributed by atoms with Crippen molar-refractivity contribution in [3.05, 3.63) is 34.3 Å². The summed E-state index contributed by atoms with van der Waals surface area (Å²) in [4.78, 5) is 37.1. The van der Waals surface area contributed by atoms with Crippen LogP contribution < -0.4 is 10.6 Å². The van der Waals surface area contributed by atoms with E-state index in [4.69, 9.17) is 6.42 Å². The first kappa shape index (κ1) is 16.0. The molecule has 0 bridgehead atoms. The number of imide groups is 1. The summed E-state index contributed by atoms with van der Waals surface area (Å²) in [6.07, 6.45) is 5.04. The summed E-state index contributed by atoms with van der Waals surface area (Å²) < 4.78 is 0.790. The molecule has 7 heteroatoms. The van der Waals surface area contributed by atoms with Gasteiger partial charge in [-0.25, -0.2) is 4.79 Å². The van der Waals surface area contributed by atoms with Crippen molar-refractivity contribution in [2.75, 3.05) is 13.1 Å². The van der Waals surface area contributed by atoms with Crippen molar-refractivity contribution in [3.63, 3.8) is 0 Å². The molecule has 1 atom stereocenters. The summed E-state index contributed by atoms with van der Waals surface area (Å²) in [5.41, 5.74) is -0.570. The van der Waals surface area contributed by atoms with Gasteiger partial charge in [-0.15, -0.1) is 6.42 Å². The van der Waals surface area contributed by atoms with Crippen LogP contribution in [0.3, 0.4) is 0 Å². The Morgan fingerprint density at radius 1 is 1.50 bits per heavy atom. The van der Waals surface area contributed by atoms with Gasteiger partial charge in [0.05, 0.1) is 6.54 Å². The van der Waals surface area contributed by atoms with E-state index in [2.05, 4.69) is 32.5 Å². The summed E-state index contributed by atoms with van der Waals surface area (Å²) in [5.74, 6) is 1.29. The maximum Gasteiger partial charge on any atom is 0.325 e. The van der Waals surface area contributed by atoms with Crippen molar-refractivity contribution >= 4 is 33.8 Å². The molecule has 22 heavy (non-hydrogen) atoms. The number of carbonyl (C=O) groups is 3. The highest BCUT2D eigenvalue weighted by Crippen LogP contribution is 2.30. The van der Waals surface area contributed by atoms with Crippen molar-refractivity contribution in [3.8, 4) is 12.3 Å². The first-order chi connectivity index (χ1) is 10.4. The lowest BCUT2D eigenvalue weighted by atomic mass is 9.92. The molecule has 1 heterocycles. The van der Waals surface area contributed by atoms with Gasteiger partial charge in [0.15, 0.2) is 0 Å². The third-order valence-corrected chi connectivity index (χ3v) is 3.86. The van der Waals surface area contributed by atoms with E-state index in [1.807, 2.05) is 6.07 Å². The SMILES string of the molecule is C#CCNC(=O)CN1C(=O)NC(C)(c2cccc(Br)c2)C1=O. The molecule has 114 valence electrons. The monoisotopic (exact) mass is 363 g/mol. The molecule has 1 aromatic rings. The number of nitrogens with one attached hydrogen (secondary N) is 2. The Bertz CT molecular complexity index is 683. The average molecular weight is 364 g/mol. The van der Waals surface area contributed by atoms with E-state index in [-0.39, 0.29) is 13.1 Å². The van der Waals surface area contributed by atoms with Crippen LogP contribution >= 0.6 is 15.9 Å². The minimum absolute atomic E-state index is 0.0470. The molecule has 1 saturated heterocycles. The minimum Gasteiger partial charge on any atom is -0.344 e. The van der Waals surface area contributed by atoms with E-state index in [0.29, 0.717) is 5.56 Å². The zero-order chi connectivity index (χ0) is 16.3. The summed E-state index contributed by atoms with van der Waals surface area (Å²) in [6, 6.07) is 6.47. The second kappa shape index (κ2) is 6.20. The molecule has 0 spiro atoms. The number of rotatable bonds is 4. The number of terminal acetylenes is 1. The lowest BCUT2D eigenvalue weighted by molar-refractivity contribution is -0.134. The van der Waals surface area contributed by atoms with Crippen LogP contribution in [-0.4, -0.2) is 35.8 Å². The fourth-order valence-corrected chi connectivity index (χ4v) is 2.58. The van der Waals surface area contributed by atoms with Crippen LogP contribution in [0.25, 0.3) is 0 Å². The van der Waals surface area contributed by atoms with Crippen LogP contribution in [0.2, 0.25) is 0 Å². The van der Waals surface area contributed by atoms with E-state index in [0.717, 1.165) is 9.37 Å². The largest absolute Gasteiger partial charge is 0.344 e. The van der Waals surface area contributed by atoms with Crippen LogP contribution in [0.15, 0.2) is 28.7 Å². The van der Waals surface area contributed by atoms with Gasteiger partial charge >= 0.3 is 6.03 Å². The predicted molar refractivity (Wildman–Crippen MR) is 83.6 cm³/mol. The highest BCUT2D eigenvalue weighted by Gasteiger charge is 2.49. The zero-order valence-electron chi connectivity index (χ0n) is 11.9. The van der Waals surface area contributed by atoms with E-state index in [1.165, 1.54) is 0 Å². The average Bonchev–Trinajstić information content (AvgIpc) is 2.70. The van der Waals surface area contributed by atoms with E-state index >= 15 is 0 Å². The van der Waals surface area contributed by atoms with Crippen LogP contribution in [0.4, 0.5) is 4.79 Å². The number of amides is 4. The summed E-state index contributed by atoms with van der Waals surface area (Å²) >= 11 is 3.33. The van der Waals surface area contributed by atoms with Crippen LogP contribution in [0.5, 0.6) is 0 Å². The Balaban J connectivity index is 2.21. The molecule has 4 amide bonds. The number of halogens is 1. The number of hydrogen-bond donors (Lipinski definition) is 2. The molecule has 2 N–H and O–H groups in total. The van der Waals surface area contributed by atoms with Gasteiger partial charge in [-0.1, -0.05) is 34.0 Å².